The summed E-state index contributed by atoms with van der Waals surface area (Å²) in [6.07, 6.45) is 0. The van der Waals surface area contributed by atoms with Crippen LogP contribution in [-0.4, -0.2) is 23.1 Å². The van der Waals surface area contributed by atoms with E-state index in [0.29, 0.717) is 0 Å². The minimum absolute atomic E-state index is 0. The average Bonchev–Trinajstić information content (AvgIpc) is 2.20. The highest BCUT2D eigenvalue weighted by atomic mass is 79.9. The molecule has 0 amide bonds. The predicted octanol–water partition coefficient (Wildman–Crippen LogP) is 3.74. The second kappa shape index (κ2) is 5.54. The molecule has 14 heavy (non-hydrogen) atoms. The molecule has 66 valence electrons. The third-order valence-corrected chi connectivity index (χ3v) is 2.65. The number of rotatable bonds is 1. The molecule has 0 atom stereocenters. The van der Waals surface area contributed by atoms with Gasteiger partial charge in [-0.2, -0.15) is 0 Å². The Balaban J connectivity index is 0.000000980. The van der Waals surface area contributed by atoms with E-state index >= 15 is 0 Å². The maximum atomic E-state index is 3.53. The molecule has 0 N–H and O–H groups in total. The predicted molar refractivity (Wildman–Crippen MR) is 65.3 cm³/mol. The van der Waals surface area contributed by atoms with Crippen LogP contribution in [0.15, 0.2) is 59.1 Å². The summed E-state index contributed by atoms with van der Waals surface area (Å²) >= 11 is 3.53. The lowest BCUT2D eigenvalue weighted by atomic mass is 10.1. The van der Waals surface area contributed by atoms with Gasteiger partial charge in [-0.1, -0.05) is 64.5 Å². The second-order valence-electron chi connectivity index (χ2n) is 2.85. The van der Waals surface area contributed by atoms with Crippen LogP contribution >= 0.6 is 15.9 Å². The van der Waals surface area contributed by atoms with Crippen molar-refractivity contribution in [1.29, 1.82) is 0 Å². The molecule has 0 heterocycles. The van der Waals surface area contributed by atoms with E-state index in [4.69, 9.17) is 0 Å². The van der Waals surface area contributed by atoms with Gasteiger partial charge in [-0.05, 0) is 17.2 Å². The quantitative estimate of drug-likeness (QED) is 0.683. The zero-order valence-corrected chi connectivity index (χ0v) is 10.8. The molecule has 2 radical (unpaired) electrons. The van der Waals surface area contributed by atoms with E-state index in [1.54, 1.807) is 0 Å². The van der Waals surface area contributed by atoms with Crippen molar-refractivity contribution in [3.05, 3.63) is 59.1 Å². The average molecular weight is 257 g/mol. The highest BCUT2D eigenvalue weighted by Crippen LogP contribution is 2.27. The number of hydrogen-bond donors (Lipinski definition) is 0. The Kier molecular flexibility index (Phi) is 4.65. The van der Waals surface area contributed by atoms with Crippen molar-refractivity contribution in [2.75, 3.05) is 0 Å². The summed E-state index contributed by atoms with van der Waals surface area (Å²) in [6.45, 7) is 0. The van der Waals surface area contributed by atoms with Gasteiger partial charge < -0.3 is 0 Å². The van der Waals surface area contributed by atoms with E-state index in [1.807, 2.05) is 18.2 Å². The van der Waals surface area contributed by atoms with Crippen LogP contribution in [0.3, 0.4) is 0 Å². The van der Waals surface area contributed by atoms with Crippen LogP contribution in [0.4, 0.5) is 0 Å². The van der Waals surface area contributed by atoms with Gasteiger partial charge >= 0.3 is 0 Å². The Bertz CT molecular complexity index is 398. The SMILES string of the molecule is Brc1ccccc1-c1ccccc1.[Mg]. The number of benzene rings is 2. The third kappa shape index (κ3) is 2.59. The summed E-state index contributed by atoms with van der Waals surface area (Å²) in [6, 6.07) is 18.6. The third-order valence-electron chi connectivity index (χ3n) is 1.96. The molecule has 0 saturated carbocycles. The Labute approximate surface area is 109 Å². The first-order chi connectivity index (χ1) is 6.38. The summed E-state index contributed by atoms with van der Waals surface area (Å²) < 4.78 is 1.14. The fourth-order valence-electron chi connectivity index (χ4n) is 1.31. The fourth-order valence-corrected chi connectivity index (χ4v) is 1.83. The van der Waals surface area contributed by atoms with Crippen LogP contribution in [0.1, 0.15) is 0 Å². The molecule has 2 aromatic rings. The van der Waals surface area contributed by atoms with Gasteiger partial charge in [0.2, 0.25) is 0 Å². The van der Waals surface area contributed by atoms with E-state index < -0.39 is 0 Å². The summed E-state index contributed by atoms with van der Waals surface area (Å²) in [5.74, 6) is 0. The first-order valence-electron chi connectivity index (χ1n) is 4.18. The van der Waals surface area contributed by atoms with Gasteiger partial charge in [-0.15, -0.1) is 0 Å². The summed E-state index contributed by atoms with van der Waals surface area (Å²) in [4.78, 5) is 0. The molecule has 2 heteroatoms. The maximum Gasteiger partial charge on any atom is 0.0253 e. The maximum absolute atomic E-state index is 3.53. The van der Waals surface area contributed by atoms with Crippen molar-refractivity contribution in [2.45, 2.75) is 0 Å². The van der Waals surface area contributed by atoms with Gasteiger partial charge in [-0.3, -0.25) is 0 Å². The zero-order chi connectivity index (χ0) is 9.10. The lowest BCUT2D eigenvalue weighted by molar-refractivity contribution is 1.58. The topological polar surface area (TPSA) is 0 Å². The van der Waals surface area contributed by atoms with Gasteiger partial charge in [0.1, 0.15) is 0 Å². The molecule has 0 nitrogen and oxygen atoms in total. The van der Waals surface area contributed by atoms with Crippen LogP contribution in [0.25, 0.3) is 11.1 Å². The summed E-state index contributed by atoms with van der Waals surface area (Å²) in [7, 11) is 0. The Morgan fingerprint density at radius 2 is 1.29 bits per heavy atom. The number of halogens is 1. The molecule has 2 aromatic carbocycles. The van der Waals surface area contributed by atoms with Gasteiger partial charge in [0.15, 0.2) is 0 Å². The molecule has 0 saturated heterocycles. The van der Waals surface area contributed by atoms with E-state index in [2.05, 4.69) is 52.3 Å². The second-order valence-corrected chi connectivity index (χ2v) is 3.70. The minimum Gasteiger partial charge on any atom is -0.0622 e. The fraction of sp³-hybridized carbons (Fsp3) is 0. The van der Waals surface area contributed by atoms with Crippen LogP contribution in [0, 0.1) is 0 Å². The molecular weight excluding hydrogens is 248 g/mol. The Hall–Kier alpha value is -0.314. The Morgan fingerprint density at radius 1 is 0.714 bits per heavy atom. The van der Waals surface area contributed by atoms with Crippen molar-refractivity contribution in [3.63, 3.8) is 0 Å². The standard InChI is InChI=1S/C12H9Br.Mg/c13-12-9-5-4-8-11(12)10-6-2-1-3-7-10;/h1-9H;. The molecule has 0 aliphatic rings. The number of hydrogen-bond acceptors (Lipinski definition) is 0. The summed E-state index contributed by atoms with van der Waals surface area (Å²) in [5, 5.41) is 0. The molecule has 0 bridgehead atoms. The lowest BCUT2D eigenvalue weighted by Crippen LogP contribution is -1.77. The molecule has 0 spiro atoms. The van der Waals surface area contributed by atoms with Crippen molar-refractivity contribution in [3.8, 4) is 11.1 Å². The van der Waals surface area contributed by atoms with Crippen LogP contribution in [-0.2, 0) is 0 Å². The molecule has 2 rings (SSSR count). The van der Waals surface area contributed by atoms with E-state index in [9.17, 15) is 0 Å². The van der Waals surface area contributed by atoms with Gasteiger partial charge in [0.25, 0.3) is 0 Å². The first-order valence-corrected chi connectivity index (χ1v) is 4.97. The van der Waals surface area contributed by atoms with Crippen LogP contribution < -0.4 is 0 Å². The van der Waals surface area contributed by atoms with Gasteiger partial charge in [0, 0.05) is 27.5 Å². The summed E-state index contributed by atoms with van der Waals surface area (Å²) in [5.41, 5.74) is 2.48. The highest BCUT2D eigenvalue weighted by molar-refractivity contribution is 9.10. The van der Waals surface area contributed by atoms with E-state index in [0.717, 1.165) is 4.47 Å². The van der Waals surface area contributed by atoms with Crippen molar-refractivity contribution < 1.29 is 0 Å². The Morgan fingerprint density at radius 3 is 1.93 bits per heavy atom. The van der Waals surface area contributed by atoms with Crippen molar-refractivity contribution in [1.82, 2.24) is 0 Å². The molecule has 0 fully saturated rings. The van der Waals surface area contributed by atoms with Crippen molar-refractivity contribution in [2.24, 2.45) is 0 Å². The highest BCUT2D eigenvalue weighted by Gasteiger charge is 1.99. The van der Waals surface area contributed by atoms with Crippen LogP contribution in [0.5, 0.6) is 0 Å². The lowest BCUT2D eigenvalue weighted by Gasteiger charge is -2.02. The largest absolute Gasteiger partial charge is 0.0622 e. The molecule has 0 aliphatic carbocycles. The van der Waals surface area contributed by atoms with Gasteiger partial charge in [-0.25, -0.2) is 0 Å². The van der Waals surface area contributed by atoms with Crippen LogP contribution in [0.2, 0.25) is 0 Å². The molecule has 0 aromatic heterocycles. The minimum atomic E-state index is 0. The zero-order valence-electron chi connectivity index (χ0n) is 7.78. The monoisotopic (exact) mass is 256 g/mol. The normalized spacial score (nSPS) is 9.21. The molecule has 0 unspecified atom stereocenters. The smallest absolute Gasteiger partial charge is 0.0253 e. The molecular formula is C12H9BrMg. The first kappa shape index (κ1) is 11.8. The van der Waals surface area contributed by atoms with E-state index in [-0.39, 0.29) is 23.1 Å². The van der Waals surface area contributed by atoms with E-state index in [1.165, 1.54) is 11.1 Å². The van der Waals surface area contributed by atoms with Crippen molar-refractivity contribution >= 4 is 39.0 Å². The molecule has 0 aliphatic heterocycles. The van der Waals surface area contributed by atoms with Gasteiger partial charge in [0.05, 0.1) is 0 Å².